The number of amides is 1. The van der Waals surface area contributed by atoms with Crippen LogP contribution in [0.5, 0.6) is 0 Å². The number of rotatable bonds is 4. The van der Waals surface area contributed by atoms with E-state index in [1.54, 1.807) is 12.1 Å². The Hall–Kier alpha value is -2.21. The van der Waals surface area contributed by atoms with Gasteiger partial charge in [0.1, 0.15) is 5.82 Å². The van der Waals surface area contributed by atoms with Crippen LogP contribution in [0.15, 0.2) is 30.3 Å². The zero-order chi connectivity index (χ0) is 17.3. The van der Waals surface area contributed by atoms with E-state index in [-0.39, 0.29) is 23.7 Å². The van der Waals surface area contributed by atoms with Crippen LogP contribution in [0.1, 0.15) is 34.5 Å². The van der Waals surface area contributed by atoms with Crippen LogP contribution in [0.2, 0.25) is 0 Å². The topological polar surface area (TPSA) is 66.4 Å². The molecule has 0 bridgehead atoms. The summed E-state index contributed by atoms with van der Waals surface area (Å²) in [6.45, 7) is 1.92. The van der Waals surface area contributed by atoms with Crippen molar-refractivity contribution in [1.82, 2.24) is 5.32 Å². The van der Waals surface area contributed by atoms with Gasteiger partial charge in [-0.05, 0) is 55.5 Å². The molecule has 1 fully saturated rings. The van der Waals surface area contributed by atoms with Gasteiger partial charge in [-0.25, -0.2) is 4.39 Å². The van der Waals surface area contributed by atoms with Gasteiger partial charge in [-0.1, -0.05) is 12.1 Å². The Morgan fingerprint density at radius 3 is 2.58 bits per heavy atom. The van der Waals surface area contributed by atoms with Crippen LogP contribution in [0.4, 0.5) is 4.39 Å². The molecule has 2 atom stereocenters. The quantitative estimate of drug-likeness (QED) is 0.883. The molecule has 4 nitrogen and oxygen atoms in total. The molecule has 1 heterocycles. The Kier molecular flexibility index (Phi) is 4.66. The predicted octanol–water partition coefficient (Wildman–Crippen LogP) is 3.85. The number of benzene rings is 1. The molecule has 1 aliphatic rings. The SMILES string of the molecule is Cc1cc(C(=O)N[C@@H]2CC[C@H](C(=O)O)C2)sc1-c1ccc(F)cc1. The van der Waals surface area contributed by atoms with Crippen molar-refractivity contribution in [3.8, 4) is 10.4 Å². The van der Waals surface area contributed by atoms with Crippen LogP contribution in [0.25, 0.3) is 10.4 Å². The number of thiophene rings is 1. The van der Waals surface area contributed by atoms with Gasteiger partial charge < -0.3 is 10.4 Å². The molecule has 0 aliphatic heterocycles. The molecule has 2 N–H and O–H groups in total. The van der Waals surface area contributed by atoms with Crippen LogP contribution in [-0.4, -0.2) is 23.0 Å². The lowest BCUT2D eigenvalue weighted by Crippen LogP contribution is -2.32. The van der Waals surface area contributed by atoms with Crippen molar-refractivity contribution in [2.24, 2.45) is 5.92 Å². The number of carboxylic acids is 1. The Bertz CT molecular complexity index is 769. The standard InChI is InChI=1S/C18H18FNO3S/c1-10-8-15(24-16(10)11-2-5-13(19)6-3-11)17(21)20-14-7-4-12(9-14)18(22)23/h2-3,5-6,8,12,14H,4,7,9H2,1H3,(H,20,21)(H,22,23)/t12-,14+/m0/s1. The molecule has 6 heteroatoms. The summed E-state index contributed by atoms with van der Waals surface area (Å²) in [4.78, 5) is 24.9. The molecule has 24 heavy (non-hydrogen) atoms. The highest BCUT2D eigenvalue weighted by Gasteiger charge is 2.31. The van der Waals surface area contributed by atoms with Crippen LogP contribution >= 0.6 is 11.3 Å². The highest BCUT2D eigenvalue weighted by atomic mass is 32.1. The lowest BCUT2D eigenvalue weighted by Gasteiger charge is -2.11. The molecule has 1 aromatic carbocycles. The first-order valence-electron chi connectivity index (χ1n) is 7.84. The molecule has 1 aliphatic carbocycles. The number of carbonyl (C=O) groups is 2. The molecule has 2 aromatic rings. The third-order valence-electron chi connectivity index (χ3n) is 4.37. The van der Waals surface area contributed by atoms with Crippen LogP contribution in [0, 0.1) is 18.7 Å². The molecule has 1 amide bonds. The second-order valence-corrected chi connectivity index (χ2v) is 7.20. The number of nitrogens with one attached hydrogen (secondary N) is 1. The first-order valence-corrected chi connectivity index (χ1v) is 8.65. The van der Waals surface area contributed by atoms with E-state index in [0.717, 1.165) is 16.0 Å². The van der Waals surface area contributed by atoms with Gasteiger partial charge >= 0.3 is 5.97 Å². The van der Waals surface area contributed by atoms with Gasteiger partial charge in [0, 0.05) is 10.9 Å². The maximum atomic E-state index is 13.0. The van der Waals surface area contributed by atoms with Gasteiger partial charge in [0.05, 0.1) is 10.8 Å². The van der Waals surface area contributed by atoms with Gasteiger partial charge in [0.2, 0.25) is 0 Å². The molecule has 0 radical (unpaired) electrons. The second kappa shape index (κ2) is 6.73. The molecule has 3 rings (SSSR count). The summed E-state index contributed by atoms with van der Waals surface area (Å²) in [5.41, 5.74) is 1.84. The Labute approximate surface area is 143 Å². The van der Waals surface area contributed by atoms with E-state index in [2.05, 4.69) is 5.32 Å². The van der Waals surface area contributed by atoms with Gasteiger partial charge in [-0.15, -0.1) is 11.3 Å². The van der Waals surface area contributed by atoms with Gasteiger partial charge in [0.15, 0.2) is 0 Å². The number of hydrogen-bond acceptors (Lipinski definition) is 3. The molecular formula is C18H18FNO3S. The van der Waals surface area contributed by atoms with Crippen molar-refractivity contribution in [3.63, 3.8) is 0 Å². The van der Waals surface area contributed by atoms with Crippen molar-refractivity contribution >= 4 is 23.2 Å². The number of halogens is 1. The van der Waals surface area contributed by atoms with Gasteiger partial charge in [0.25, 0.3) is 5.91 Å². The second-order valence-electron chi connectivity index (χ2n) is 6.15. The fourth-order valence-electron chi connectivity index (χ4n) is 3.08. The first-order chi connectivity index (χ1) is 11.4. The van der Waals surface area contributed by atoms with Gasteiger partial charge in [-0.3, -0.25) is 9.59 Å². The summed E-state index contributed by atoms with van der Waals surface area (Å²) >= 11 is 1.37. The molecule has 0 saturated heterocycles. The minimum absolute atomic E-state index is 0.0877. The Morgan fingerprint density at radius 2 is 1.96 bits per heavy atom. The van der Waals surface area contributed by atoms with E-state index >= 15 is 0 Å². The van der Waals surface area contributed by atoms with Crippen molar-refractivity contribution in [2.75, 3.05) is 0 Å². The van der Waals surface area contributed by atoms with Crippen molar-refractivity contribution in [3.05, 3.63) is 46.6 Å². The summed E-state index contributed by atoms with van der Waals surface area (Å²) in [7, 11) is 0. The van der Waals surface area contributed by atoms with E-state index in [4.69, 9.17) is 5.11 Å². The number of hydrogen-bond donors (Lipinski definition) is 2. The van der Waals surface area contributed by atoms with Crippen LogP contribution < -0.4 is 5.32 Å². The van der Waals surface area contributed by atoms with E-state index in [1.807, 2.05) is 13.0 Å². The van der Waals surface area contributed by atoms with E-state index in [1.165, 1.54) is 23.5 Å². The van der Waals surface area contributed by atoms with E-state index in [0.29, 0.717) is 24.1 Å². The number of aryl methyl sites for hydroxylation is 1. The highest BCUT2D eigenvalue weighted by Crippen LogP contribution is 2.33. The predicted molar refractivity (Wildman–Crippen MR) is 90.7 cm³/mol. The molecule has 126 valence electrons. The smallest absolute Gasteiger partial charge is 0.306 e. The summed E-state index contributed by atoms with van der Waals surface area (Å²) in [5, 5.41) is 12.0. The third-order valence-corrected chi connectivity index (χ3v) is 5.65. The molecule has 0 unspecified atom stereocenters. The molecule has 1 aromatic heterocycles. The summed E-state index contributed by atoms with van der Waals surface area (Å²) in [6.07, 6.45) is 1.78. The monoisotopic (exact) mass is 347 g/mol. The summed E-state index contributed by atoms with van der Waals surface area (Å²) < 4.78 is 13.0. The first kappa shape index (κ1) is 16.6. The van der Waals surface area contributed by atoms with Gasteiger partial charge in [-0.2, -0.15) is 0 Å². The summed E-state index contributed by atoms with van der Waals surface area (Å²) in [5.74, 6) is -1.62. The fraction of sp³-hybridized carbons (Fsp3) is 0.333. The summed E-state index contributed by atoms with van der Waals surface area (Å²) in [6, 6.07) is 7.93. The largest absolute Gasteiger partial charge is 0.481 e. The Morgan fingerprint density at radius 1 is 1.25 bits per heavy atom. The van der Waals surface area contributed by atoms with Crippen LogP contribution in [0.3, 0.4) is 0 Å². The third kappa shape index (κ3) is 3.48. The Balaban J connectivity index is 1.71. The minimum atomic E-state index is -0.794. The zero-order valence-electron chi connectivity index (χ0n) is 13.2. The zero-order valence-corrected chi connectivity index (χ0v) is 14.0. The minimum Gasteiger partial charge on any atom is -0.481 e. The van der Waals surface area contributed by atoms with Crippen molar-refractivity contribution < 1.29 is 19.1 Å². The number of carbonyl (C=O) groups excluding carboxylic acids is 1. The molecule has 1 saturated carbocycles. The number of carboxylic acid groups (broad SMARTS) is 1. The maximum Gasteiger partial charge on any atom is 0.306 e. The van der Waals surface area contributed by atoms with E-state index < -0.39 is 5.97 Å². The lowest BCUT2D eigenvalue weighted by molar-refractivity contribution is -0.141. The van der Waals surface area contributed by atoms with Crippen molar-refractivity contribution in [2.45, 2.75) is 32.2 Å². The highest BCUT2D eigenvalue weighted by molar-refractivity contribution is 7.17. The van der Waals surface area contributed by atoms with Crippen molar-refractivity contribution in [1.29, 1.82) is 0 Å². The lowest BCUT2D eigenvalue weighted by atomic mass is 10.1. The fourth-order valence-corrected chi connectivity index (χ4v) is 4.16. The average Bonchev–Trinajstić information content (AvgIpc) is 3.15. The normalized spacial score (nSPS) is 20.1. The number of aliphatic carboxylic acids is 1. The average molecular weight is 347 g/mol. The van der Waals surface area contributed by atoms with Crippen LogP contribution in [-0.2, 0) is 4.79 Å². The molecule has 0 spiro atoms. The van der Waals surface area contributed by atoms with E-state index in [9.17, 15) is 14.0 Å². The maximum absolute atomic E-state index is 13.0. The molecular weight excluding hydrogens is 329 g/mol.